The van der Waals surface area contributed by atoms with Crippen molar-refractivity contribution in [2.45, 2.75) is 275 Å². The lowest BCUT2D eigenvalue weighted by Gasteiger charge is -2.37. The Morgan fingerprint density at radius 3 is 0.583 bits per heavy atom. The third-order valence-corrected chi connectivity index (χ3v) is 18.1. The van der Waals surface area contributed by atoms with Crippen LogP contribution < -0.4 is 10.6 Å². The Labute approximate surface area is 512 Å². The van der Waals surface area contributed by atoms with E-state index < -0.39 is 11.8 Å². The van der Waals surface area contributed by atoms with Gasteiger partial charge in [-0.15, -0.1) is 0 Å². The number of amides is 2. The Kier molecular flexibility index (Phi) is 18.6. The van der Waals surface area contributed by atoms with E-state index in [2.05, 4.69) is 305 Å². The lowest BCUT2D eigenvalue weighted by Crippen LogP contribution is -2.40. The molecule has 0 radical (unpaired) electrons. The van der Waals surface area contributed by atoms with Crippen LogP contribution in [0.4, 0.5) is 11.4 Å². The van der Waals surface area contributed by atoms with Crippen LogP contribution >= 0.6 is 0 Å². The maximum Gasteiger partial charge on any atom is 0.320 e. The normalized spacial score (nSPS) is 14.7. The van der Waals surface area contributed by atoms with Crippen molar-refractivity contribution in [1.82, 2.24) is 0 Å². The number of carbonyl (C=O) groups is 2. The molecule has 6 rings (SSSR count). The molecule has 4 nitrogen and oxygen atoms in total. The summed E-state index contributed by atoms with van der Waals surface area (Å²) in [5.74, 6) is -2.74. The van der Waals surface area contributed by atoms with Gasteiger partial charge in [-0.3, -0.25) is 14.5 Å². The molecule has 4 atom stereocenters. The summed E-state index contributed by atoms with van der Waals surface area (Å²) in [4.78, 5) is 32.9. The topological polar surface area (TPSA) is 63.4 Å². The number of benzene rings is 6. The first-order valence-electron chi connectivity index (χ1n) is 31.5. The van der Waals surface area contributed by atoms with Gasteiger partial charge < -0.3 is 5.73 Å². The fraction of sp³-hybridized carbons (Fsp3) is 0.525. The van der Waals surface area contributed by atoms with Gasteiger partial charge in [-0.2, -0.15) is 0 Å². The van der Waals surface area contributed by atoms with Crippen molar-refractivity contribution in [3.8, 4) is 0 Å². The molecular formula is C80H112N2O2. The molecule has 2 amide bonds. The highest BCUT2D eigenvalue weighted by Gasteiger charge is 2.38. The second-order valence-corrected chi connectivity index (χ2v) is 33.9. The number of nitrogens with two attached hydrogens (primary N) is 1. The Balaban J connectivity index is 1.95. The quantitative estimate of drug-likeness (QED) is 0.139. The second-order valence-electron chi connectivity index (χ2n) is 33.9. The van der Waals surface area contributed by atoms with Gasteiger partial charge in [0.05, 0.1) is 11.4 Å². The third-order valence-electron chi connectivity index (χ3n) is 18.1. The summed E-state index contributed by atoms with van der Waals surface area (Å²) < 4.78 is 0. The van der Waals surface area contributed by atoms with E-state index in [1.165, 1.54) is 44.5 Å². The summed E-state index contributed by atoms with van der Waals surface area (Å²) in [6, 6.07) is 37.7. The number of rotatable bonds is 10. The van der Waals surface area contributed by atoms with E-state index in [0.717, 1.165) is 55.6 Å². The van der Waals surface area contributed by atoms with Crippen molar-refractivity contribution in [2.24, 2.45) is 5.73 Å². The van der Waals surface area contributed by atoms with Gasteiger partial charge in [-0.05, 0) is 146 Å². The molecule has 2 N–H and O–H groups in total. The van der Waals surface area contributed by atoms with Gasteiger partial charge in [0.1, 0.15) is 0 Å². The van der Waals surface area contributed by atoms with Gasteiger partial charge in [0, 0.05) is 23.7 Å². The highest BCUT2D eigenvalue weighted by molar-refractivity contribution is 6.42. The van der Waals surface area contributed by atoms with Gasteiger partial charge in [-0.1, -0.05) is 302 Å². The minimum absolute atomic E-state index is 0.145. The monoisotopic (exact) mass is 1130 g/mol. The van der Waals surface area contributed by atoms with Gasteiger partial charge in [0.15, 0.2) is 0 Å². The average molecular weight is 1130 g/mol. The molecule has 0 spiro atoms. The molecule has 0 saturated heterocycles. The predicted octanol–water partition coefficient (Wildman–Crippen LogP) is 21.4. The Morgan fingerprint density at radius 1 is 0.298 bits per heavy atom. The molecule has 0 aliphatic rings. The Morgan fingerprint density at radius 2 is 0.452 bits per heavy atom. The van der Waals surface area contributed by atoms with Crippen LogP contribution in [-0.2, 0) is 52.9 Å². The molecule has 0 aliphatic carbocycles. The molecule has 0 unspecified atom stereocenters. The van der Waals surface area contributed by atoms with Crippen LogP contribution in [0.3, 0.4) is 0 Å². The first-order valence-corrected chi connectivity index (χ1v) is 31.5. The minimum Gasteiger partial charge on any atom is -0.361 e. The number of primary amides is 1. The zero-order chi connectivity index (χ0) is 63.9. The highest BCUT2D eigenvalue weighted by Crippen LogP contribution is 2.51. The maximum atomic E-state index is 16.4. The van der Waals surface area contributed by atoms with Crippen molar-refractivity contribution in [1.29, 1.82) is 0 Å². The van der Waals surface area contributed by atoms with Crippen LogP contribution in [0.15, 0.2) is 97.1 Å². The number of aryl methyl sites for hydroxylation is 2. The number of nitrogens with zero attached hydrogens (tertiary/aromatic N) is 1. The van der Waals surface area contributed by atoms with Crippen LogP contribution in [0.1, 0.15) is 318 Å². The van der Waals surface area contributed by atoms with Crippen molar-refractivity contribution >= 4 is 23.2 Å². The molecule has 0 bridgehead atoms. The molecule has 4 heteroatoms. The average Bonchev–Trinajstić information content (AvgIpc) is 0.896. The molecule has 6 aromatic rings. The summed E-state index contributed by atoms with van der Waals surface area (Å²) in [6.45, 7) is 68.5. The lowest BCUT2D eigenvalue weighted by atomic mass is 9.75. The van der Waals surface area contributed by atoms with E-state index >= 15 is 4.79 Å². The first kappa shape index (κ1) is 67.4. The standard InChI is InChI=1S/C80H112N2O2/c1-47-31-65(49(3)53-35-57(73(7,8)9)43-58(36-53)74(10,11)12)69(66(32-47)50(4)54-37-59(75(13,14)15)44-60(38-54)76(16,17)18)82(72(84)71(81)83)70-67(51(5)55-39-61(77(19,20)21)45-62(40-55)78(22,23)24)33-48(2)34-68(70)52(6)56-41-63(79(25,26)27)46-64(42-56)80(28,29)30/h31-46,49-52H,1-30H3,(H2,81,83)/t49-,50-,51-,52-/m1/s1. The maximum absolute atomic E-state index is 16.4. The smallest absolute Gasteiger partial charge is 0.320 e. The SMILES string of the molecule is Cc1cc([C@H](C)c2cc(C(C)(C)C)cc(C(C)(C)C)c2)c(N(C(=O)C(N)=O)c2c([C@H](C)c3cc(C(C)(C)C)cc(C(C)(C)C)c3)cc(C)cc2[C@H](C)c2cc(C(C)(C)C)cc(C(C)(C)C)c2)c([C@H](C)c2cc(C(C)(C)C)cc(C(C)(C)C)c2)c1. The van der Waals surface area contributed by atoms with Crippen molar-refractivity contribution in [3.63, 3.8) is 0 Å². The molecule has 0 fully saturated rings. The third kappa shape index (κ3) is 14.9. The van der Waals surface area contributed by atoms with E-state index in [4.69, 9.17) is 5.73 Å². The number of hydrogen-bond donors (Lipinski definition) is 1. The number of carbonyl (C=O) groups excluding carboxylic acids is 2. The van der Waals surface area contributed by atoms with E-state index in [1.807, 2.05) is 4.90 Å². The van der Waals surface area contributed by atoms with Crippen LogP contribution in [0.25, 0.3) is 0 Å². The molecular weight excluding hydrogens is 1020 g/mol. The zero-order valence-corrected chi connectivity index (χ0v) is 58.4. The zero-order valence-electron chi connectivity index (χ0n) is 58.4. The van der Waals surface area contributed by atoms with Crippen molar-refractivity contribution < 1.29 is 9.59 Å². The fourth-order valence-electron chi connectivity index (χ4n) is 11.7. The molecule has 0 saturated carbocycles. The van der Waals surface area contributed by atoms with E-state index in [9.17, 15) is 4.79 Å². The Bertz CT molecular complexity index is 2880. The van der Waals surface area contributed by atoms with Crippen LogP contribution in [0.5, 0.6) is 0 Å². The van der Waals surface area contributed by atoms with Gasteiger partial charge in [0.2, 0.25) is 0 Å². The van der Waals surface area contributed by atoms with Crippen LogP contribution in [-0.4, -0.2) is 11.8 Å². The summed E-state index contributed by atoms with van der Waals surface area (Å²) in [6.07, 6.45) is 0. The molecule has 0 heterocycles. The fourth-order valence-corrected chi connectivity index (χ4v) is 11.7. The van der Waals surface area contributed by atoms with Crippen molar-refractivity contribution in [2.75, 3.05) is 4.90 Å². The molecule has 454 valence electrons. The summed E-state index contributed by atoms with van der Waals surface area (Å²) in [5, 5.41) is 0. The lowest BCUT2D eigenvalue weighted by molar-refractivity contribution is -0.135. The van der Waals surface area contributed by atoms with Gasteiger partial charge in [0.25, 0.3) is 0 Å². The Hall–Kier alpha value is -5.74. The number of anilines is 2. The van der Waals surface area contributed by atoms with Gasteiger partial charge in [-0.25, -0.2) is 0 Å². The summed E-state index contributed by atoms with van der Waals surface area (Å²) in [7, 11) is 0. The van der Waals surface area contributed by atoms with E-state index in [-0.39, 0.29) is 67.0 Å². The van der Waals surface area contributed by atoms with E-state index in [0.29, 0.717) is 11.4 Å². The largest absolute Gasteiger partial charge is 0.361 e. The van der Waals surface area contributed by atoms with Gasteiger partial charge >= 0.3 is 11.8 Å². The minimum atomic E-state index is -1.01. The van der Waals surface area contributed by atoms with Crippen LogP contribution in [0, 0.1) is 13.8 Å². The number of hydrogen-bond acceptors (Lipinski definition) is 2. The second kappa shape index (κ2) is 23.2. The summed E-state index contributed by atoms with van der Waals surface area (Å²) >= 11 is 0. The molecule has 6 aromatic carbocycles. The highest BCUT2D eigenvalue weighted by atomic mass is 16.2. The van der Waals surface area contributed by atoms with E-state index in [1.54, 1.807) is 0 Å². The predicted molar refractivity (Wildman–Crippen MR) is 364 cm³/mol. The molecule has 0 aromatic heterocycles. The van der Waals surface area contributed by atoms with Crippen molar-refractivity contribution in [3.05, 3.63) is 197 Å². The van der Waals surface area contributed by atoms with Crippen LogP contribution in [0.2, 0.25) is 0 Å². The molecule has 84 heavy (non-hydrogen) atoms. The molecule has 0 aliphatic heterocycles. The first-order chi connectivity index (χ1) is 37.9. The summed E-state index contributed by atoms with van der Waals surface area (Å²) in [5.41, 5.74) is 27.6.